The third-order valence-electron chi connectivity index (χ3n) is 6.19. The van der Waals surface area contributed by atoms with Crippen molar-refractivity contribution in [1.82, 2.24) is 0 Å². The van der Waals surface area contributed by atoms with Crippen LogP contribution in [0.25, 0.3) is 0 Å². The largest absolute Gasteiger partial charge is 0.353 e. The van der Waals surface area contributed by atoms with Crippen LogP contribution >= 0.6 is 0 Å². The zero-order valence-electron chi connectivity index (χ0n) is 21.1. The SMILES string of the molecule is CC(C)c1cccc(C(C)C)c1Nc1ccccc1Nc1c(C(C)C)cccc1C(C)C. The highest BCUT2D eigenvalue weighted by Gasteiger charge is 2.17. The van der Waals surface area contributed by atoms with Crippen molar-refractivity contribution in [3.63, 3.8) is 0 Å². The summed E-state index contributed by atoms with van der Waals surface area (Å²) in [7, 11) is 0. The Bertz CT molecular complexity index is 907. The number of rotatable bonds is 8. The molecule has 0 saturated heterocycles. The zero-order valence-corrected chi connectivity index (χ0v) is 21.1. The van der Waals surface area contributed by atoms with Crippen LogP contribution in [0.5, 0.6) is 0 Å². The quantitative estimate of drug-likeness (QED) is 0.373. The Morgan fingerprint density at radius 1 is 0.406 bits per heavy atom. The van der Waals surface area contributed by atoms with E-state index in [9.17, 15) is 0 Å². The molecule has 0 saturated carbocycles. The van der Waals surface area contributed by atoms with Crippen molar-refractivity contribution < 1.29 is 0 Å². The van der Waals surface area contributed by atoms with Gasteiger partial charge >= 0.3 is 0 Å². The Balaban J connectivity index is 2.09. The Kier molecular flexibility index (Phi) is 7.66. The van der Waals surface area contributed by atoms with Gasteiger partial charge in [-0.2, -0.15) is 0 Å². The molecule has 0 aromatic heterocycles. The summed E-state index contributed by atoms with van der Waals surface area (Å²) in [5.74, 6) is 1.80. The molecule has 3 aromatic carbocycles. The standard InChI is InChI=1S/C30H40N2/c1-19(2)23-13-11-14-24(20(3)4)29(23)31-27-17-9-10-18-28(27)32-30-25(21(5)6)15-12-16-26(30)22(7)8/h9-22,31-32H,1-8H3. The van der Waals surface area contributed by atoms with E-state index in [1.165, 1.54) is 33.6 Å². The summed E-state index contributed by atoms with van der Waals surface area (Å²) in [5, 5.41) is 7.66. The lowest BCUT2D eigenvalue weighted by Crippen LogP contribution is -2.07. The highest BCUT2D eigenvalue weighted by Crippen LogP contribution is 2.39. The lowest BCUT2D eigenvalue weighted by atomic mass is 9.92. The molecule has 0 heterocycles. The molecule has 0 bridgehead atoms. The number of hydrogen-bond donors (Lipinski definition) is 2. The van der Waals surface area contributed by atoms with Crippen LogP contribution in [0.1, 0.15) is 101 Å². The lowest BCUT2D eigenvalue weighted by molar-refractivity contribution is 0.837. The summed E-state index contributed by atoms with van der Waals surface area (Å²) in [6.07, 6.45) is 0. The van der Waals surface area contributed by atoms with Gasteiger partial charge in [-0.3, -0.25) is 0 Å². The first kappa shape index (κ1) is 23.9. The number of nitrogens with one attached hydrogen (secondary N) is 2. The molecule has 2 nitrogen and oxygen atoms in total. The summed E-state index contributed by atoms with van der Waals surface area (Å²) < 4.78 is 0. The zero-order chi connectivity index (χ0) is 23.4. The molecule has 0 spiro atoms. The van der Waals surface area contributed by atoms with Gasteiger partial charge in [0.25, 0.3) is 0 Å². The molecule has 0 aliphatic heterocycles. The minimum atomic E-state index is 0.450. The Hall–Kier alpha value is -2.74. The molecule has 3 aromatic rings. The van der Waals surface area contributed by atoms with Gasteiger partial charge in [-0.15, -0.1) is 0 Å². The first-order valence-corrected chi connectivity index (χ1v) is 12.1. The average Bonchev–Trinajstić information content (AvgIpc) is 2.74. The van der Waals surface area contributed by atoms with Gasteiger partial charge in [0.15, 0.2) is 0 Å². The second-order valence-corrected chi connectivity index (χ2v) is 10.0. The van der Waals surface area contributed by atoms with E-state index in [4.69, 9.17) is 0 Å². The first-order chi connectivity index (χ1) is 15.2. The van der Waals surface area contributed by atoms with Gasteiger partial charge in [0, 0.05) is 11.4 Å². The molecule has 0 radical (unpaired) electrons. The van der Waals surface area contributed by atoms with E-state index >= 15 is 0 Å². The number of anilines is 4. The first-order valence-electron chi connectivity index (χ1n) is 12.1. The Labute approximate surface area is 195 Å². The third-order valence-corrected chi connectivity index (χ3v) is 6.19. The van der Waals surface area contributed by atoms with Crippen LogP contribution in [0, 0.1) is 0 Å². The summed E-state index contributed by atoms with van der Waals surface area (Å²) in [4.78, 5) is 0. The molecular weight excluding hydrogens is 388 g/mol. The Morgan fingerprint density at radius 2 is 0.688 bits per heavy atom. The fourth-order valence-electron chi connectivity index (χ4n) is 4.36. The van der Waals surface area contributed by atoms with Crippen molar-refractivity contribution in [2.75, 3.05) is 10.6 Å². The van der Waals surface area contributed by atoms with Gasteiger partial charge < -0.3 is 10.6 Å². The van der Waals surface area contributed by atoms with Gasteiger partial charge in [-0.05, 0) is 58.1 Å². The van der Waals surface area contributed by atoms with Crippen molar-refractivity contribution in [2.24, 2.45) is 0 Å². The Morgan fingerprint density at radius 3 is 0.938 bits per heavy atom. The molecule has 2 heteroatoms. The maximum absolute atomic E-state index is 3.83. The normalized spacial score (nSPS) is 11.6. The van der Waals surface area contributed by atoms with Gasteiger partial charge in [-0.25, -0.2) is 0 Å². The molecule has 3 rings (SSSR count). The fraction of sp³-hybridized carbons (Fsp3) is 0.400. The lowest BCUT2D eigenvalue weighted by Gasteiger charge is -2.25. The smallest absolute Gasteiger partial charge is 0.0623 e. The number of benzene rings is 3. The van der Waals surface area contributed by atoms with Crippen LogP contribution in [0.3, 0.4) is 0 Å². The maximum Gasteiger partial charge on any atom is 0.0623 e. The number of para-hydroxylation sites is 4. The summed E-state index contributed by atoms with van der Waals surface area (Å²) in [5.41, 5.74) is 10.1. The minimum Gasteiger partial charge on any atom is -0.353 e. The van der Waals surface area contributed by atoms with E-state index in [2.05, 4.69) is 127 Å². The van der Waals surface area contributed by atoms with Gasteiger partial charge in [0.05, 0.1) is 11.4 Å². The molecule has 0 aliphatic rings. The highest BCUT2D eigenvalue weighted by molar-refractivity contribution is 5.82. The van der Waals surface area contributed by atoms with Gasteiger partial charge in [0.2, 0.25) is 0 Å². The van der Waals surface area contributed by atoms with Crippen LogP contribution in [0.4, 0.5) is 22.7 Å². The average molecular weight is 429 g/mol. The van der Waals surface area contributed by atoms with E-state index < -0.39 is 0 Å². The van der Waals surface area contributed by atoms with E-state index in [1.54, 1.807) is 0 Å². The van der Waals surface area contributed by atoms with E-state index in [-0.39, 0.29) is 0 Å². The van der Waals surface area contributed by atoms with Crippen LogP contribution in [-0.2, 0) is 0 Å². The van der Waals surface area contributed by atoms with Gasteiger partial charge in [0.1, 0.15) is 0 Å². The molecule has 32 heavy (non-hydrogen) atoms. The van der Waals surface area contributed by atoms with Crippen LogP contribution in [-0.4, -0.2) is 0 Å². The summed E-state index contributed by atoms with van der Waals surface area (Å²) in [6, 6.07) is 21.9. The minimum absolute atomic E-state index is 0.450. The van der Waals surface area contributed by atoms with Crippen molar-refractivity contribution in [3.8, 4) is 0 Å². The van der Waals surface area contributed by atoms with Crippen molar-refractivity contribution in [3.05, 3.63) is 82.9 Å². The topological polar surface area (TPSA) is 24.1 Å². The van der Waals surface area contributed by atoms with Gasteiger partial charge in [-0.1, -0.05) is 104 Å². The molecule has 0 unspecified atom stereocenters. The fourth-order valence-corrected chi connectivity index (χ4v) is 4.36. The molecule has 2 N–H and O–H groups in total. The van der Waals surface area contributed by atoms with E-state index in [0.717, 1.165) is 11.4 Å². The van der Waals surface area contributed by atoms with E-state index in [0.29, 0.717) is 23.7 Å². The second kappa shape index (κ2) is 10.3. The molecule has 0 amide bonds. The summed E-state index contributed by atoms with van der Waals surface area (Å²) in [6.45, 7) is 18.1. The molecule has 170 valence electrons. The molecule has 0 fully saturated rings. The second-order valence-electron chi connectivity index (χ2n) is 10.0. The highest BCUT2D eigenvalue weighted by atomic mass is 15.0. The van der Waals surface area contributed by atoms with Crippen LogP contribution in [0.15, 0.2) is 60.7 Å². The van der Waals surface area contributed by atoms with E-state index in [1.807, 2.05) is 0 Å². The maximum atomic E-state index is 3.83. The van der Waals surface area contributed by atoms with Crippen molar-refractivity contribution in [1.29, 1.82) is 0 Å². The van der Waals surface area contributed by atoms with Crippen molar-refractivity contribution in [2.45, 2.75) is 79.1 Å². The monoisotopic (exact) mass is 428 g/mol. The molecule has 0 atom stereocenters. The van der Waals surface area contributed by atoms with Crippen LogP contribution < -0.4 is 10.6 Å². The number of hydrogen-bond acceptors (Lipinski definition) is 2. The third kappa shape index (κ3) is 5.18. The van der Waals surface area contributed by atoms with Crippen LogP contribution in [0.2, 0.25) is 0 Å². The predicted molar refractivity (Wildman–Crippen MR) is 142 cm³/mol. The van der Waals surface area contributed by atoms with Crippen molar-refractivity contribution >= 4 is 22.7 Å². The summed E-state index contributed by atoms with van der Waals surface area (Å²) >= 11 is 0. The predicted octanol–water partition coefficient (Wildman–Crippen LogP) is 9.67. The molecule has 0 aliphatic carbocycles. The molecular formula is C30H40N2.